The second-order valence-corrected chi connectivity index (χ2v) is 9.57. The lowest BCUT2D eigenvalue weighted by Gasteiger charge is -2.31. The number of primary amides is 1. The van der Waals surface area contributed by atoms with Crippen molar-refractivity contribution < 1.29 is 9.59 Å². The minimum Gasteiger partial charge on any atom is -0.363 e. The van der Waals surface area contributed by atoms with E-state index in [1.54, 1.807) is 29.5 Å². The summed E-state index contributed by atoms with van der Waals surface area (Å²) in [6.07, 6.45) is 7.74. The van der Waals surface area contributed by atoms with Gasteiger partial charge in [-0.2, -0.15) is 0 Å². The number of H-pyrrole nitrogens is 1. The summed E-state index contributed by atoms with van der Waals surface area (Å²) < 4.78 is 0. The van der Waals surface area contributed by atoms with Crippen LogP contribution in [0, 0.1) is 5.92 Å². The fourth-order valence-electron chi connectivity index (χ4n) is 4.69. The van der Waals surface area contributed by atoms with Crippen LogP contribution in [0.3, 0.4) is 0 Å². The van der Waals surface area contributed by atoms with Gasteiger partial charge in [0, 0.05) is 30.9 Å². The molecule has 0 saturated heterocycles. The third-order valence-electron chi connectivity index (χ3n) is 6.26. The molecule has 0 radical (unpaired) electrons. The van der Waals surface area contributed by atoms with Crippen LogP contribution < -0.4 is 11.1 Å². The molecule has 3 aromatic rings. The van der Waals surface area contributed by atoms with Gasteiger partial charge < -0.3 is 10.7 Å². The first-order valence-electron chi connectivity index (χ1n) is 10.9. The highest BCUT2D eigenvalue weighted by atomic mass is 32.1. The zero-order valence-corrected chi connectivity index (χ0v) is 18.1. The zero-order chi connectivity index (χ0) is 21.4. The molecule has 1 fully saturated rings. The van der Waals surface area contributed by atoms with E-state index in [0.717, 1.165) is 31.1 Å². The number of nitrogens with two attached hydrogens (primary N) is 1. The third kappa shape index (κ3) is 4.20. The Balaban J connectivity index is 1.29. The van der Waals surface area contributed by atoms with Crippen molar-refractivity contribution in [3.63, 3.8) is 0 Å². The molecule has 0 atom stereocenters. The molecule has 8 nitrogen and oxygen atoms in total. The van der Waals surface area contributed by atoms with Crippen molar-refractivity contribution in [3.05, 3.63) is 40.2 Å². The van der Waals surface area contributed by atoms with Crippen LogP contribution in [0.1, 0.15) is 63.7 Å². The topological polar surface area (TPSA) is 117 Å². The molecule has 1 aliphatic heterocycles. The molecular weight excluding hydrogens is 412 g/mol. The quantitative estimate of drug-likeness (QED) is 0.565. The number of nitrogens with one attached hydrogen (secondary N) is 2. The number of hydrogen-bond acceptors (Lipinski definition) is 6. The average molecular weight is 439 g/mol. The number of aromatic amines is 1. The second kappa shape index (κ2) is 8.39. The van der Waals surface area contributed by atoms with E-state index in [4.69, 9.17) is 5.73 Å². The number of carbonyl (C=O) groups excluding carboxylic acids is 2. The number of para-hydroxylation sites is 1. The molecule has 1 saturated carbocycles. The van der Waals surface area contributed by atoms with Gasteiger partial charge in [0.25, 0.3) is 11.8 Å². The Labute approximate surface area is 184 Å². The van der Waals surface area contributed by atoms with Crippen LogP contribution in [0.25, 0.3) is 11.0 Å². The summed E-state index contributed by atoms with van der Waals surface area (Å²) in [4.78, 5) is 39.8. The average Bonchev–Trinajstić information content (AvgIpc) is 3.37. The fraction of sp³-hybridized carbons (Fsp3) is 0.455. The maximum atomic E-state index is 12.9. The standard InChI is InChI=1S/C22H26N6O2S/c23-19(29)20-24-16-8-4-7-14(18(16)26-20)21(30)27-22-25-15-9-10-28(12-17(15)31-22)11-13-5-2-1-3-6-13/h4,7-8,13H,1-3,5-6,9-12H2,(H2,23,29)(H,24,26)(H,25,27,30). The molecule has 9 heteroatoms. The van der Waals surface area contributed by atoms with E-state index in [2.05, 4.69) is 25.2 Å². The molecule has 0 bridgehead atoms. The lowest BCUT2D eigenvalue weighted by Crippen LogP contribution is -2.34. The van der Waals surface area contributed by atoms with Gasteiger partial charge in [-0.05, 0) is 30.9 Å². The van der Waals surface area contributed by atoms with Crippen molar-refractivity contribution in [3.8, 4) is 0 Å². The summed E-state index contributed by atoms with van der Waals surface area (Å²) in [5, 5.41) is 3.53. The van der Waals surface area contributed by atoms with Crippen LogP contribution in [0.5, 0.6) is 0 Å². The highest BCUT2D eigenvalue weighted by Gasteiger charge is 2.25. The van der Waals surface area contributed by atoms with Gasteiger partial charge in [-0.15, -0.1) is 11.3 Å². The summed E-state index contributed by atoms with van der Waals surface area (Å²) in [6.45, 7) is 3.11. The minimum absolute atomic E-state index is 0.0398. The number of imidazole rings is 1. The first-order chi connectivity index (χ1) is 15.1. The molecule has 0 spiro atoms. The normalized spacial score (nSPS) is 17.5. The number of fused-ring (bicyclic) bond motifs is 2. The van der Waals surface area contributed by atoms with Crippen molar-refractivity contribution in [1.29, 1.82) is 0 Å². The van der Waals surface area contributed by atoms with E-state index < -0.39 is 5.91 Å². The minimum atomic E-state index is -0.659. The smallest absolute Gasteiger partial charge is 0.284 e. The Morgan fingerprint density at radius 2 is 2.06 bits per heavy atom. The van der Waals surface area contributed by atoms with Gasteiger partial charge in [0.15, 0.2) is 11.0 Å². The van der Waals surface area contributed by atoms with Gasteiger partial charge in [0.2, 0.25) is 0 Å². The van der Waals surface area contributed by atoms with Crippen LogP contribution in [0.2, 0.25) is 0 Å². The number of thiazole rings is 1. The monoisotopic (exact) mass is 438 g/mol. The number of benzene rings is 1. The van der Waals surface area contributed by atoms with Crippen LogP contribution in [-0.4, -0.2) is 44.8 Å². The summed E-state index contributed by atoms with van der Waals surface area (Å²) in [6, 6.07) is 5.19. The number of carbonyl (C=O) groups is 2. The number of hydrogen-bond donors (Lipinski definition) is 3. The van der Waals surface area contributed by atoms with Crippen molar-refractivity contribution in [2.45, 2.75) is 45.1 Å². The van der Waals surface area contributed by atoms with Crippen LogP contribution >= 0.6 is 11.3 Å². The summed E-state index contributed by atoms with van der Waals surface area (Å²) in [5.74, 6) is -0.0914. The molecule has 2 aromatic heterocycles. The molecule has 4 N–H and O–H groups in total. The lowest BCUT2D eigenvalue weighted by molar-refractivity contribution is 0.0989. The van der Waals surface area contributed by atoms with Gasteiger partial charge >= 0.3 is 0 Å². The van der Waals surface area contributed by atoms with Crippen LogP contribution in [0.15, 0.2) is 18.2 Å². The molecule has 1 aromatic carbocycles. The van der Waals surface area contributed by atoms with E-state index >= 15 is 0 Å². The number of amides is 2. The van der Waals surface area contributed by atoms with Crippen LogP contribution in [-0.2, 0) is 13.0 Å². The van der Waals surface area contributed by atoms with E-state index in [-0.39, 0.29) is 11.7 Å². The van der Waals surface area contributed by atoms with E-state index in [1.807, 2.05) is 0 Å². The highest BCUT2D eigenvalue weighted by molar-refractivity contribution is 7.15. The molecule has 162 valence electrons. The Bertz CT molecular complexity index is 1130. The maximum Gasteiger partial charge on any atom is 0.284 e. The first kappa shape index (κ1) is 20.1. The Kier molecular flexibility index (Phi) is 5.45. The molecule has 2 aliphatic rings. The summed E-state index contributed by atoms with van der Waals surface area (Å²) in [7, 11) is 0. The van der Waals surface area contributed by atoms with E-state index in [1.165, 1.54) is 43.5 Å². The maximum absolute atomic E-state index is 12.9. The van der Waals surface area contributed by atoms with Gasteiger partial charge in [-0.3, -0.25) is 19.8 Å². The number of aromatic nitrogens is 3. The van der Waals surface area contributed by atoms with Gasteiger partial charge in [0.05, 0.1) is 16.8 Å². The molecule has 2 amide bonds. The molecule has 31 heavy (non-hydrogen) atoms. The number of rotatable bonds is 5. The Morgan fingerprint density at radius 1 is 1.23 bits per heavy atom. The SMILES string of the molecule is NC(=O)c1nc2c(C(=O)Nc3nc4c(s3)CN(CC3CCCCC3)CC4)cccc2[nH]1. The predicted octanol–water partition coefficient (Wildman–Crippen LogP) is 3.31. The van der Waals surface area contributed by atoms with Crippen molar-refractivity contribution in [2.75, 3.05) is 18.4 Å². The van der Waals surface area contributed by atoms with Crippen molar-refractivity contribution >= 4 is 39.3 Å². The largest absolute Gasteiger partial charge is 0.363 e. The zero-order valence-electron chi connectivity index (χ0n) is 17.3. The van der Waals surface area contributed by atoms with Crippen molar-refractivity contribution in [2.24, 2.45) is 11.7 Å². The first-order valence-corrected chi connectivity index (χ1v) is 11.7. The molecule has 1 aliphatic carbocycles. The van der Waals surface area contributed by atoms with Gasteiger partial charge in [0.1, 0.15) is 5.52 Å². The summed E-state index contributed by atoms with van der Waals surface area (Å²) >= 11 is 1.55. The Hall–Kier alpha value is -2.78. The predicted molar refractivity (Wildman–Crippen MR) is 120 cm³/mol. The fourth-order valence-corrected chi connectivity index (χ4v) is 5.73. The third-order valence-corrected chi connectivity index (χ3v) is 7.26. The number of anilines is 1. The van der Waals surface area contributed by atoms with Gasteiger partial charge in [-0.1, -0.05) is 25.3 Å². The summed E-state index contributed by atoms with van der Waals surface area (Å²) in [5.41, 5.74) is 7.80. The van der Waals surface area contributed by atoms with Crippen molar-refractivity contribution in [1.82, 2.24) is 19.9 Å². The van der Waals surface area contributed by atoms with E-state index in [9.17, 15) is 9.59 Å². The molecule has 3 heterocycles. The lowest BCUT2D eigenvalue weighted by atomic mass is 9.88. The molecular formula is C22H26N6O2S. The Morgan fingerprint density at radius 3 is 2.87 bits per heavy atom. The number of nitrogens with zero attached hydrogens (tertiary/aromatic N) is 3. The molecule has 0 unspecified atom stereocenters. The second-order valence-electron chi connectivity index (χ2n) is 8.48. The van der Waals surface area contributed by atoms with Crippen LogP contribution in [0.4, 0.5) is 5.13 Å². The highest BCUT2D eigenvalue weighted by Crippen LogP contribution is 2.31. The molecule has 5 rings (SSSR count). The van der Waals surface area contributed by atoms with Gasteiger partial charge in [-0.25, -0.2) is 9.97 Å². The van der Waals surface area contributed by atoms with E-state index in [0.29, 0.717) is 21.7 Å².